The highest BCUT2D eigenvalue weighted by Crippen LogP contribution is 2.44. The van der Waals surface area contributed by atoms with Crippen molar-refractivity contribution in [2.45, 2.75) is 58.3 Å². The van der Waals surface area contributed by atoms with Crippen molar-refractivity contribution >= 4 is 11.9 Å². The van der Waals surface area contributed by atoms with E-state index in [1.54, 1.807) is 0 Å². The monoisotopic (exact) mass is 256 g/mol. The number of ether oxygens (including phenoxy) is 1. The SMILES string of the molecule is CCCCCC(C(=O)O)(C(=O)OC)C1CCCC1. The molecule has 1 unspecified atom stereocenters. The summed E-state index contributed by atoms with van der Waals surface area (Å²) >= 11 is 0. The van der Waals surface area contributed by atoms with Crippen LogP contribution in [0.5, 0.6) is 0 Å². The number of carboxylic acid groups (broad SMARTS) is 1. The third kappa shape index (κ3) is 2.85. The summed E-state index contributed by atoms with van der Waals surface area (Å²) in [6, 6.07) is 0. The molecule has 4 nitrogen and oxygen atoms in total. The van der Waals surface area contributed by atoms with Crippen molar-refractivity contribution in [1.29, 1.82) is 0 Å². The normalized spacial score (nSPS) is 19.4. The second-order valence-electron chi connectivity index (χ2n) is 5.21. The lowest BCUT2D eigenvalue weighted by atomic mass is 9.70. The second kappa shape index (κ2) is 6.76. The molecular formula is C14H24O4. The maximum absolute atomic E-state index is 12.1. The molecular weight excluding hydrogens is 232 g/mol. The highest BCUT2D eigenvalue weighted by molar-refractivity contribution is 5.99. The maximum atomic E-state index is 12.1. The van der Waals surface area contributed by atoms with E-state index in [1.807, 2.05) is 0 Å². The van der Waals surface area contributed by atoms with Crippen LogP contribution >= 0.6 is 0 Å². The van der Waals surface area contributed by atoms with Crippen molar-refractivity contribution in [1.82, 2.24) is 0 Å². The lowest BCUT2D eigenvalue weighted by Crippen LogP contribution is -2.45. The van der Waals surface area contributed by atoms with E-state index in [1.165, 1.54) is 7.11 Å². The fraction of sp³-hybridized carbons (Fsp3) is 0.857. The fourth-order valence-electron chi connectivity index (χ4n) is 3.10. The minimum atomic E-state index is -1.31. The highest BCUT2D eigenvalue weighted by Gasteiger charge is 2.53. The predicted octanol–water partition coefficient (Wildman–Crippen LogP) is 3.00. The molecule has 1 fully saturated rings. The van der Waals surface area contributed by atoms with Gasteiger partial charge in [0.1, 0.15) is 0 Å². The van der Waals surface area contributed by atoms with Gasteiger partial charge in [0, 0.05) is 0 Å². The summed E-state index contributed by atoms with van der Waals surface area (Å²) in [5.41, 5.74) is -1.31. The molecule has 0 spiro atoms. The summed E-state index contributed by atoms with van der Waals surface area (Å²) in [7, 11) is 1.29. The van der Waals surface area contributed by atoms with Crippen molar-refractivity contribution in [3.05, 3.63) is 0 Å². The van der Waals surface area contributed by atoms with Crippen molar-refractivity contribution in [2.24, 2.45) is 11.3 Å². The Hall–Kier alpha value is -1.06. The van der Waals surface area contributed by atoms with Crippen molar-refractivity contribution in [3.63, 3.8) is 0 Å². The van der Waals surface area contributed by atoms with E-state index >= 15 is 0 Å². The van der Waals surface area contributed by atoms with Gasteiger partial charge in [-0.1, -0.05) is 39.0 Å². The minimum Gasteiger partial charge on any atom is -0.480 e. The molecule has 0 aliphatic heterocycles. The Kier molecular flexibility index (Phi) is 5.63. The van der Waals surface area contributed by atoms with E-state index in [4.69, 9.17) is 4.74 Å². The van der Waals surface area contributed by atoms with E-state index in [-0.39, 0.29) is 5.92 Å². The van der Waals surface area contributed by atoms with E-state index < -0.39 is 17.4 Å². The summed E-state index contributed by atoms with van der Waals surface area (Å²) in [5, 5.41) is 9.58. The first-order chi connectivity index (χ1) is 8.59. The Balaban J connectivity index is 2.93. The van der Waals surface area contributed by atoms with Gasteiger partial charge in [0.2, 0.25) is 0 Å². The lowest BCUT2D eigenvalue weighted by molar-refractivity contribution is -0.172. The summed E-state index contributed by atoms with van der Waals surface area (Å²) in [4.78, 5) is 23.8. The molecule has 0 bridgehead atoms. The third-order valence-electron chi connectivity index (χ3n) is 4.16. The van der Waals surface area contributed by atoms with Crippen LogP contribution in [-0.2, 0) is 14.3 Å². The molecule has 0 radical (unpaired) electrons. The zero-order chi connectivity index (χ0) is 13.6. The molecule has 1 aliphatic carbocycles. The number of carbonyl (C=O) groups excluding carboxylic acids is 1. The molecule has 0 amide bonds. The number of rotatable bonds is 7. The van der Waals surface area contributed by atoms with Crippen LogP contribution in [0.1, 0.15) is 58.3 Å². The van der Waals surface area contributed by atoms with Gasteiger partial charge in [-0.05, 0) is 25.2 Å². The van der Waals surface area contributed by atoms with Gasteiger partial charge >= 0.3 is 11.9 Å². The lowest BCUT2D eigenvalue weighted by Gasteiger charge is -2.32. The molecule has 1 saturated carbocycles. The van der Waals surface area contributed by atoms with Gasteiger partial charge in [-0.2, -0.15) is 0 Å². The standard InChI is InChI=1S/C14H24O4/c1-3-4-7-10-14(12(15)16,13(17)18-2)11-8-5-6-9-11/h11H,3-10H2,1-2H3,(H,15,16). The van der Waals surface area contributed by atoms with Crippen molar-refractivity contribution in [2.75, 3.05) is 7.11 Å². The first-order valence-corrected chi connectivity index (χ1v) is 6.91. The van der Waals surface area contributed by atoms with E-state index in [0.717, 1.165) is 44.9 Å². The summed E-state index contributed by atoms with van der Waals surface area (Å²) in [6.07, 6.45) is 6.85. The molecule has 0 aromatic rings. The average molecular weight is 256 g/mol. The van der Waals surface area contributed by atoms with Gasteiger partial charge in [-0.3, -0.25) is 9.59 Å². The number of aliphatic carboxylic acids is 1. The summed E-state index contributed by atoms with van der Waals surface area (Å²) in [6.45, 7) is 2.07. The molecule has 1 N–H and O–H groups in total. The predicted molar refractivity (Wildman–Crippen MR) is 68.2 cm³/mol. The first-order valence-electron chi connectivity index (χ1n) is 6.91. The van der Waals surface area contributed by atoms with Gasteiger partial charge < -0.3 is 9.84 Å². The smallest absolute Gasteiger partial charge is 0.323 e. The van der Waals surface area contributed by atoms with Crippen LogP contribution in [0, 0.1) is 11.3 Å². The van der Waals surface area contributed by atoms with Gasteiger partial charge in [-0.15, -0.1) is 0 Å². The van der Waals surface area contributed by atoms with Gasteiger partial charge in [0.25, 0.3) is 0 Å². The van der Waals surface area contributed by atoms with Crippen molar-refractivity contribution in [3.8, 4) is 0 Å². The molecule has 0 heterocycles. The van der Waals surface area contributed by atoms with E-state index in [9.17, 15) is 14.7 Å². The van der Waals surface area contributed by atoms with Crippen LogP contribution < -0.4 is 0 Å². The molecule has 0 saturated heterocycles. The molecule has 1 aliphatic rings. The Labute approximate surface area is 109 Å². The first kappa shape index (κ1) is 15.0. The molecule has 1 atom stereocenters. The van der Waals surface area contributed by atoms with E-state index in [2.05, 4.69) is 6.92 Å². The molecule has 104 valence electrons. The Morgan fingerprint density at radius 3 is 2.33 bits per heavy atom. The number of carboxylic acids is 1. The van der Waals surface area contributed by atoms with E-state index in [0.29, 0.717) is 6.42 Å². The largest absolute Gasteiger partial charge is 0.480 e. The van der Waals surface area contributed by atoms with Gasteiger partial charge in [-0.25, -0.2) is 0 Å². The number of hydrogen-bond acceptors (Lipinski definition) is 3. The van der Waals surface area contributed by atoms with Gasteiger partial charge in [0.05, 0.1) is 7.11 Å². The average Bonchev–Trinajstić information content (AvgIpc) is 2.87. The number of carbonyl (C=O) groups is 2. The number of methoxy groups -OCH3 is 1. The van der Waals surface area contributed by atoms with Crippen molar-refractivity contribution < 1.29 is 19.4 Å². The second-order valence-corrected chi connectivity index (χ2v) is 5.21. The maximum Gasteiger partial charge on any atom is 0.323 e. The Bertz CT molecular complexity index is 294. The van der Waals surface area contributed by atoms with Crippen LogP contribution in [-0.4, -0.2) is 24.2 Å². The Morgan fingerprint density at radius 1 is 1.28 bits per heavy atom. The molecule has 18 heavy (non-hydrogen) atoms. The zero-order valence-corrected chi connectivity index (χ0v) is 11.4. The zero-order valence-electron chi connectivity index (χ0n) is 11.4. The molecule has 4 heteroatoms. The Morgan fingerprint density at radius 2 is 1.89 bits per heavy atom. The van der Waals surface area contributed by atoms with Gasteiger partial charge in [0.15, 0.2) is 5.41 Å². The van der Waals surface area contributed by atoms with Crippen LogP contribution in [0.2, 0.25) is 0 Å². The topological polar surface area (TPSA) is 63.6 Å². The van der Waals surface area contributed by atoms with Crippen LogP contribution in [0.15, 0.2) is 0 Å². The summed E-state index contributed by atoms with van der Waals surface area (Å²) < 4.78 is 4.80. The van der Waals surface area contributed by atoms with Crippen LogP contribution in [0.25, 0.3) is 0 Å². The quantitative estimate of drug-likeness (QED) is 0.432. The highest BCUT2D eigenvalue weighted by atomic mass is 16.5. The number of hydrogen-bond donors (Lipinski definition) is 1. The number of unbranched alkanes of at least 4 members (excludes halogenated alkanes) is 2. The van der Waals surface area contributed by atoms with Crippen LogP contribution in [0.3, 0.4) is 0 Å². The molecule has 0 aromatic heterocycles. The molecule has 0 aromatic carbocycles. The number of esters is 1. The minimum absolute atomic E-state index is 0.0562. The third-order valence-corrected chi connectivity index (χ3v) is 4.16. The molecule has 1 rings (SSSR count). The fourth-order valence-corrected chi connectivity index (χ4v) is 3.10. The summed E-state index contributed by atoms with van der Waals surface area (Å²) in [5.74, 6) is -1.62. The van der Waals surface area contributed by atoms with Crippen LogP contribution in [0.4, 0.5) is 0 Å².